The molecule has 1 aliphatic carbocycles. The summed E-state index contributed by atoms with van der Waals surface area (Å²) in [6.45, 7) is 0. The van der Waals surface area contributed by atoms with Crippen LogP contribution in [0.25, 0.3) is 0 Å². The fourth-order valence-electron chi connectivity index (χ4n) is 0.632. The molecule has 0 aliphatic heterocycles. The summed E-state index contributed by atoms with van der Waals surface area (Å²) in [5, 5.41) is 14.3. The van der Waals surface area contributed by atoms with Crippen LogP contribution in [0.4, 0.5) is 8.78 Å². The molecule has 0 bridgehead atoms. The molecular weight excluding hydrogens is 298 g/mol. The molecule has 1 rings (SSSR count). The molecule has 0 unspecified atom stereocenters. The second-order valence-electron chi connectivity index (χ2n) is 2.01. The van der Waals surface area contributed by atoms with E-state index in [1.165, 1.54) is 0 Å². The zero-order valence-corrected chi connectivity index (χ0v) is 8.68. The van der Waals surface area contributed by atoms with Crippen LogP contribution < -0.4 is 0 Å². The van der Waals surface area contributed by atoms with Gasteiger partial charge in [0.25, 0.3) is 0 Å². The van der Waals surface area contributed by atoms with Crippen molar-refractivity contribution in [3.05, 3.63) is 20.6 Å². The lowest BCUT2D eigenvalue weighted by Gasteiger charge is -2.11. The van der Waals surface area contributed by atoms with Gasteiger partial charge in [0.1, 0.15) is 0 Å². The zero-order chi connectivity index (χ0) is 9.46. The van der Waals surface area contributed by atoms with Crippen LogP contribution in [0, 0.1) is 10.8 Å². The van der Waals surface area contributed by atoms with Gasteiger partial charge in [-0.15, -0.1) is 0 Å². The van der Waals surface area contributed by atoms with E-state index in [-0.39, 0.29) is 20.4 Å². The van der Waals surface area contributed by atoms with Crippen LogP contribution in [-0.2, 0) is 0 Å². The van der Waals surface area contributed by atoms with Gasteiger partial charge >= 0.3 is 0 Å². The Morgan fingerprint density at radius 1 is 0.833 bits per heavy atom. The molecule has 0 radical (unpaired) electrons. The molecule has 0 fully saturated rings. The van der Waals surface area contributed by atoms with E-state index in [1.807, 2.05) is 0 Å². The molecule has 0 saturated carbocycles. The molecule has 0 heterocycles. The van der Waals surface area contributed by atoms with E-state index in [4.69, 9.17) is 10.8 Å². The van der Waals surface area contributed by atoms with Gasteiger partial charge in [-0.1, -0.05) is 0 Å². The Balaban J connectivity index is 3.37. The van der Waals surface area contributed by atoms with Crippen molar-refractivity contribution >= 4 is 43.3 Å². The molecular formula is C6H2Br2F2N2. The zero-order valence-electron chi connectivity index (χ0n) is 5.51. The Morgan fingerprint density at radius 2 is 1.08 bits per heavy atom. The number of nitrogens with one attached hydrogen (secondary N) is 2. The molecule has 0 saturated heterocycles. The summed E-state index contributed by atoms with van der Waals surface area (Å²) in [6.07, 6.45) is 0. The van der Waals surface area contributed by atoms with Crippen molar-refractivity contribution in [3.8, 4) is 0 Å². The molecule has 0 aromatic heterocycles. The predicted molar refractivity (Wildman–Crippen MR) is 49.6 cm³/mol. The van der Waals surface area contributed by atoms with Crippen LogP contribution in [0.5, 0.6) is 0 Å². The standard InChI is InChI=1S/C6H2Br2F2N2/c7-1-3(9)4(10)2(8)6(12)5(1)11/h11-12H. The topological polar surface area (TPSA) is 47.7 Å². The third-order valence-electron chi connectivity index (χ3n) is 1.27. The Kier molecular flexibility index (Phi) is 2.58. The van der Waals surface area contributed by atoms with E-state index in [1.54, 1.807) is 0 Å². The third-order valence-corrected chi connectivity index (χ3v) is 2.76. The van der Waals surface area contributed by atoms with Crippen molar-refractivity contribution in [2.75, 3.05) is 0 Å². The first-order valence-corrected chi connectivity index (χ1v) is 4.34. The van der Waals surface area contributed by atoms with E-state index in [0.29, 0.717) is 0 Å². The lowest BCUT2D eigenvalue weighted by Crippen LogP contribution is -2.18. The number of halogens is 4. The van der Waals surface area contributed by atoms with Gasteiger partial charge in [-0.3, -0.25) is 10.8 Å². The monoisotopic (exact) mass is 298 g/mol. The molecule has 2 N–H and O–H groups in total. The van der Waals surface area contributed by atoms with Crippen LogP contribution in [-0.4, -0.2) is 11.4 Å². The minimum Gasteiger partial charge on any atom is -0.297 e. The van der Waals surface area contributed by atoms with Crippen molar-refractivity contribution in [2.24, 2.45) is 0 Å². The van der Waals surface area contributed by atoms with E-state index in [0.717, 1.165) is 0 Å². The van der Waals surface area contributed by atoms with Gasteiger partial charge in [0.2, 0.25) is 0 Å². The summed E-state index contributed by atoms with van der Waals surface area (Å²) in [7, 11) is 0. The van der Waals surface area contributed by atoms with Gasteiger partial charge in [0.05, 0.1) is 20.4 Å². The molecule has 6 heteroatoms. The van der Waals surface area contributed by atoms with E-state index in [2.05, 4.69) is 31.9 Å². The first-order chi connectivity index (χ1) is 5.46. The van der Waals surface area contributed by atoms with Crippen LogP contribution >= 0.6 is 31.9 Å². The van der Waals surface area contributed by atoms with E-state index < -0.39 is 11.7 Å². The third kappa shape index (κ3) is 1.29. The molecule has 0 aromatic carbocycles. The maximum absolute atomic E-state index is 12.8. The van der Waals surface area contributed by atoms with Gasteiger partial charge < -0.3 is 0 Å². The molecule has 0 atom stereocenters. The fourth-order valence-corrected chi connectivity index (χ4v) is 1.38. The van der Waals surface area contributed by atoms with E-state index >= 15 is 0 Å². The first kappa shape index (κ1) is 9.73. The van der Waals surface area contributed by atoms with Gasteiger partial charge in [0.15, 0.2) is 11.7 Å². The number of allylic oxidation sites excluding steroid dienone is 4. The summed E-state index contributed by atoms with van der Waals surface area (Å²) in [6, 6.07) is 0. The highest BCUT2D eigenvalue weighted by atomic mass is 79.9. The average molecular weight is 300 g/mol. The summed E-state index contributed by atoms with van der Waals surface area (Å²) >= 11 is 5.34. The minimum absolute atomic E-state index is 0.326. The van der Waals surface area contributed by atoms with Gasteiger partial charge in [-0.25, -0.2) is 8.78 Å². The highest BCUT2D eigenvalue weighted by Gasteiger charge is 2.27. The Labute approximate surface area is 83.6 Å². The Morgan fingerprint density at radius 3 is 1.33 bits per heavy atom. The number of hydrogen-bond donors (Lipinski definition) is 2. The molecule has 2 nitrogen and oxygen atoms in total. The summed E-state index contributed by atoms with van der Waals surface area (Å²) in [4.78, 5) is 0. The average Bonchev–Trinajstić information content (AvgIpc) is 2.08. The first-order valence-electron chi connectivity index (χ1n) is 2.76. The van der Waals surface area contributed by atoms with Crippen molar-refractivity contribution in [1.82, 2.24) is 0 Å². The molecule has 0 aromatic rings. The predicted octanol–water partition coefficient (Wildman–Crippen LogP) is 3.19. The number of rotatable bonds is 0. The molecule has 12 heavy (non-hydrogen) atoms. The summed E-state index contributed by atoms with van der Waals surface area (Å²) < 4.78 is 24.9. The Bertz CT molecular complexity index is 294. The fraction of sp³-hybridized carbons (Fsp3) is 0. The maximum Gasteiger partial charge on any atom is 0.176 e. The molecule has 0 spiro atoms. The Hall–Kier alpha value is -0.360. The van der Waals surface area contributed by atoms with Gasteiger partial charge in [-0.05, 0) is 31.9 Å². The van der Waals surface area contributed by atoms with Crippen molar-refractivity contribution in [3.63, 3.8) is 0 Å². The molecule has 0 amide bonds. The SMILES string of the molecule is N=C1C(=N)C(Br)=C(F)C(F)=C1Br. The molecule has 64 valence electrons. The highest BCUT2D eigenvalue weighted by molar-refractivity contribution is 9.12. The van der Waals surface area contributed by atoms with E-state index in [9.17, 15) is 8.78 Å². The summed E-state index contributed by atoms with van der Waals surface area (Å²) in [5.41, 5.74) is -0.749. The minimum atomic E-state index is -1.15. The van der Waals surface area contributed by atoms with Crippen LogP contribution in [0.3, 0.4) is 0 Å². The van der Waals surface area contributed by atoms with Crippen molar-refractivity contribution in [1.29, 1.82) is 10.8 Å². The van der Waals surface area contributed by atoms with Crippen LogP contribution in [0.2, 0.25) is 0 Å². The lowest BCUT2D eigenvalue weighted by molar-refractivity contribution is 0.544. The number of hydrogen-bond acceptors (Lipinski definition) is 2. The lowest BCUT2D eigenvalue weighted by atomic mass is 10.1. The highest BCUT2D eigenvalue weighted by Crippen LogP contribution is 2.33. The molecule has 1 aliphatic rings. The smallest absolute Gasteiger partial charge is 0.176 e. The largest absolute Gasteiger partial charge is 0.297 e. The second-order valence-corrected chi connectivity index (χ2v) is 3.59. The summed E-state index contributed by atoms with van der Waals surface area (Å²) in [5.74, 6) is -2.30. The van der Waals surface area contributed by atoms with Crippen LogP contribution in [0.15, 0.2) is 20.6 Å². The normalized spacial score (nSPS) is 19.3. The second kappa shape index (κ2) is 3.18. The van der Waals surface area contributed by atoms with Crippen LogP contribution in [0.1, 0.15) is 0 Å². The quantitative estimate of drug-likeness (QED) is 0.646. The van der Waals surface area contributed by atoms with Gasteiger partial charge in [-0.2, -0.15) is 0 Å². The van der Waals surface area contributed by atoms with Gasteiger partial charge in [0, 0.05) is 0 Å². The van der Waals surface area contributed by atoms with Crippen molar-refractivity contribution in [2.45, 2.75) is 0 Å². The maximum atomic E-state index is 12.8. The van der Waals surface area contributed by atoms with Crippen molar-refractivity contribution < 1.29 is 8.78 Å².